The third-order valence-corrected chi connectivity index (χ3v) is 6.26. The molecular weight excluding hydrogens is 412 g/mol. The van der Waals surface area contributed by atoms with Gasteiger partial charge >= 0.3 is 5.97 Å². The normalized spacial score (nSPS) is 16.6. The minimum Gasteiger partial charge on any atom is -0.455 e. The van der Waals surface area contributed by atoms with Crippen molar-refractivity contribution in [3.63, 3.8) is 0 Å². The van der Waals surface area contributed by atoms with Gasteiger partial charge in [0.2, 0.25) is 0 Å². The molecule has 1 fully saturated rings. The molecule has 1 aliphatic rings. The van der Waals surface area contributed by atoms with Crippen LogP contribution in [0.3, 0.4) is 0 Å². The second-order valence-corrected chi connectivity index (χ2v) is 9.76. The maximum atomic E-state index is 12.9. The molecule has 6 nitrogen and oxygen atoms in total. The third-order valence-electron chi connectivity index (χ3n) is 5.41. The zero-order valence-electron chi connectivity index (χ0n) is 18.4. The van der Waals surface area contributed by atoms with Crippen molar-refractivity contribution in [1.82, 2.24) is 9.80 Å². The van der Waals surface area contributed by atoms with E-state index in [1.807, 2.05) is 62.5 Å². The maximum absolute atomic E-state index is 12.9. The number of carbonyl (C=O) groups excluding carboxylic acids is 3. The second-order valence-electron chi connectivity index (χ2n) is 8.81. The lowest BCUT2D eigenvalue weighted by molar-refractivity contribution is -0.158. The Balaban J connectivity index is 1.56. The molecular formula is C24H30N2O4S. The molecule has 1 atom stereocenters. The van der Waals surface area contributed by atoms with E-state index in [4.69, 9.17) is 4.74 Å². The average molecular weight is 443 g/mol. The van der Waals surface area contributed by atoms with E-state index < -0.39 is 17.4 Å². The smallest absolute Gasteiger partial charge is 0.311 e. The van der Waals surface area contributed by atoms with E-state index in [2.05, 4.69) is 0 Å². The van der Waals surface area contributed by atoms with Gasteiger partial charge in [0.15, 0.2) is 6.61 Å². The highest BCUT2D eigenvalue weighted by Gasteiger charge is 2.32. The predicted molar refractivity (Wildman–Crippen MR) is 121 cm³/mol. The van der Waals surface area contributed by atoms with Crippen LogP contribution >= 0.6 is 11.3 Å². The first kappa shape index (κ1) is 23.0. The lowest BCUT2D eigenvalue weighted by Gasteiger charge is -2.36. The first-order chi connectivity index (χ1) is 14.8. The molecule has 1 aliphatic heterocycles. The molecule has 31 heavy (non-hydrogen) atoms. The summed E-state index contributed by atoms with van der Waals surface area (Å²) in [5.41, 5.74) is 0.612. The standard InChI is InChI=1S/C24H30N2O4S/c1-24(2,3)26(15-18-9-5-4-6-10-18)21(27)17-30-23(29)19-11-7-13-25(16-19)22(28)20-12-8-14-31-20/h4-6,8-10,12,14,19H,7,11,13,15-17H2,1-3H3. The van der Waals surface area contributed by atoms with Crippen molar-refractivity contribution in [2.45, 2.75) is 45.7 Å². The molecule has 1 aromatic carbocycles. The molecule has 0 N–H and O–H groups in total. The lowest BCUT2D eigenvalue weighted by atomic mass is 9.98. The lowest BCUT2D eigenvalue weighted by Crippen LogP contribution is -2.47. The van der Waals surface area contributed by atoms with Crippen LogP contribution in [0.15, 0.2) is 47.8 Å². The van der Waals surface area contributed by atoms with Crippen LogP contribution in [-0.4, -0.2) is 52.8 Å². The van der Waals surface area contributed by atoms with Crippen molar-refractivity contribution < 1.29 is 19.1 Å². The number of hydrogen-bond acceptors (Lipinski definition) is 5. The Bertz CT molecular complexity index is 890. The average Bonchev–Trinajstić information content (AvgIpc) is 3.30. The van der Waals surface area contributed by atoms with Gasteiger partial charge in [-0.1, -0.05) is 36.4 Å². The minimum atomic E-state index is -0.411. The number of amides is 2. The van der Waals surface area contributed by atoms with Crippen molar-refractivity contribution in [1.29, 1.82) is 0 Å². The zero-order chi connectivity index (χ0) is 22.4. The fourth-order valence-electron chi connectivity index (χ4n) is 3.70. The molecule has 0 radical (unpaired) electrons. The van der Waals surface area contributed by atoms with Crippen LogP contribution in [0.2, 0.25) is 0 Å². The summed E-state index contributed by atoms with van der Waals surface area (Å²) in [4.78, 5) is 42.3. The first-order valence-electron chi connectivity index (χ1n) is 10.6. The Kier molecular flexibility index (Phi) is 7.49. The van der Waals surface area contributed by atoms with Crippen molar-refractivity contribution in [3.8, 4) is 0 Å². The van der Waals surface area contributed by atoms with Gasteiger partial charge in [-0.3, -0.25) is 14.4 Å². The van der Waals surface area contributed by atoms with Gasteiger partial charge in [-0.2, -0.15) is 0 Å². The number of esters is 1. The van der Waals surface area contributed by atoms with E-state index >= 15 is 0 Å². The Morgan fingerprint density at radius 1 is 1.13 bits per heavy atom. The number of piperidine rings is 1. The van der Waals surface area contributed by atoms with E-state index in [9.17, 15) is 14.4 Å². The third kappa shape index (κ3) is 6.17. The van der Waals surface area contributed by atoms with Gasteiger partial charge in [-0.25, -0.2) is 0 Å². The second kappa shape index (κ2) is 10.1. The summed E-state index contributed by atoms with van der Waals surface area (Å²) >= 11 is 1.40. The highest BCUT2D eigenvalue weighted by Crippen LogP contribution is 2.22. The van der Waals surface area contributed by atoms with Crippen molar-refractivity contribution in [2.24, 2.45) is 5.92 Å². The van der Waals surface area contributed by atoms with Gasteiger partial charge < -0.3 is 14.5 Å². The molecule has 3 rings (SSSR count). The predicted octanol–water partition coefficient (Wildman–Crippen LogP) is 3.97. The van der Waals surface area contributed by atoms with E-state index in [1.165, 1.54) is 11.3 Å². The molecule has 7 heteroatoms. The van der Waals surface area contributed by atoms with Crippen LogP contribution in [0.5, 0.6) is 0 Å². The van der Waals surface area contributed by atoms with E-state index in [0.717, 1.165) is 12.0 Å². The van der Waals surface area contributed by atoms with Gasteiger partial charge in [-0.15, -0.1) is 11.3 Å². The number of thiophene rings is 1. The zero-order valence-corrected chi connectivity index (χ0v) is 19.2. The fraction of sp³-hybridized carbons (Fsp3) is 0.458. The molecule has 1 aromatic heterocycles. The van der Waals surface area contributed by atoms with Gasteiger partial charge in [0.05, 0.1) is 10.8 Å². The van der Waals surface area contributed by atoms with Gasteiger partial charge in [0.1, 0.15) is 0 Å². The van der Waals surface area contributed by atoms with Crippen LogP contribution in [0, 0.1) is 5.92 Å². The number of rotatable bonds is 6. The number of likely N-dealkylation sites (tertiary alicyclic amines) is 1. The molecule has 1 unspecified atom stereocenters. The number of nitrogens with zero attached hydrogens (tertiary/aromatic N) is 2. The Morgan fingerprint density at radius 2 is 1.87 bits per heavy atom. The number of ether oxygens (including phenoxy) is 1. The molecule has 2 amide bonds. The van der Waals surface area contributed by atoms with Gasteiger partial charge in [-0.05, 0) is 50.6 Å². The highest BCUT2D eigenvalue weighted by atomic mass is 32.1. The Labute approximate surface area is 187 Å². The summed E-state index contributed by atoms with van der Waals surface area (Å²) in [6.07, 6.45) is 1.40. The molecule has 0 spiro atoms. The first-order valence-corrected chi connectivity index (χ1v) is 11.5. The quantitative estimate of drug-likeness (QED) is 0.635. The summed E-state index contributed by atoms with van der Waals surface area (Å²) in [5.74, 6) is -1.09. The molecule has 1 saturated heterocycles. The Morgan fingerprint density at radius 3 is 2.52 bits per heavy atom. The van der Waals surface area contributed by atoms with Crippen molar-refractivity contribution in [3.05, 3.63) is 58.3 Å². The molecule has 166 valence electrons. The summed E-state index contributed by atoms with van der Waals surface area (Å²) in [6, 6.07) is 13.4. The highest BCUT2D eigenvalue weighted by molar-refractivity contribution is 7.12. The number of carbonyl (C=O) groups is 3. The monoisotopic (exact) mass is 442 g/mol. The van der Waals surface area contributed by atoms with E-state index in [-0.39, 0.29) is 18.4 Å². The Hall–Kier alpha value is -2.67. The minimum absolute atomic E-state index is 0.0506. The van der Waals surface area contributed by atoms with Crippen LogP contribution in [0.1, 0.15) is 48.8 Å². The molecule has 0 bridgehead atoms. The number of benzene rings is 1. The summed E-state index contributed by atoms with van der Waals surface area (Å²) in [7, 11) is 0. The molecule has 0 aliphatic carbocycles. The molecule has 2 heterocycles. The largest absolute Gasteiger partial charge is 0.455 e. The SMILES string of the molecule is CC(C)(C)N(Cc1ccccc1)C(=O)COC(=O)C1CCCN(C(=O)c2cccs2)C1. The summed E-state index contributed by atoms with van der Waals surface area (Å²) in [5, 5.41) is 1.87. The summed E-state index contributed by atoms with van der Waals surface area (Å²) < 4.78 is 5.41. The van der Waals surface area contributed by atoms with Crippen LogP contribution in [0.25, 0.3) is 0 Å². The maximum Gasteiger partial charge on any atom is 0.311 e. The van der Waals surface area contributed by atoms with E-state index in [1.54, 1.807) is 15.9 Å². The van der Waals surface area contributed by atoms with Gasteiger partial charge in [0, 0.05) is 25.2 Å². The van der Waals surface area contributed by atoms with Crippen LogP contribution in [-0.2, 0) is 20.9 Å². The van der Waals surface area contributed by atoms with Gasteiger partial charge in [0.25, 0.3) is 11.8 Å². The topological polar surface area (TPSA) is 66.9 Å². The van der Waals surface area contributed by atoms with Crippen LogP contribution < -0.4 is 0 Å². The summed E-state index contributed by atoms with van der Waals surface area (Å²) in [6.45, 7) is 7.01. The fourth-order valence-corrected chi connectivity index (χ4v) is 4.39. The molecule has 2 aromatic rings. The number of hydrogen-bond donors (Lipinski definition) is 0. The van der Waals surface area contributed by atoms with E-state index in [0.29, 0.717) is 30.9 Å². The van der Waals surface area contributed by atoms with Crippen molar-refractivity contribution >= 4 is 29.1 Å². The molecule has 0 saturated carbocycles. The van der Waals surface area contributed by atoms with Crippen LogP contribution in [0.4, 0.5) is 0 Å². The van der Waals surface area contributed by atoms with Crippen molar-refractivity contribution in [2.75, 3.05) is 19.7 Å².